The van der Waals surface area contributed by atoms with Crippen molar-refractivity contribution in [3.8, 4) is 11.5 Å². The summed E-state index contributed by atoms with van der Waals surface area (Å²) in [7, 11) is 2.15. The topological polar surface area (TPSA) is 60.0 Å². The van der Waals surface area contributed by atoms with E-state index < -0.39 is 0 Å². The molecule has 6 nitrogen and oxygen atoms in total. The number of ether oxygens (including phenoxy) is 3. The number of nitrogens with one attached hydrogen (secondary N) is 1. The van der Waals surface area contributed by atoms with E-state index in [1.807, 2.05) is 48.5 Å². The van der Waals surface area contributed by atoms with Crippen molar-refractivity contribution in [3.63, 3.8) is 0 Å². The van der Waals surface area contributed by atoms with Crippen LogP contribution in [0.4, 0.5) is 0 Å². The maximum Gasteiger partial charge on any atom is 0.251 e. The van der Waals surface area contributed by atoms with Crippen LogP contribution in [0.15, 0.2) is 48.5 Å². The van der Waals surface area contributed by atoms with Crippen LogP contribution < -0.4 is 14.8 Å². The van der Waals surface area contributed by atoms with Crippen LogP contribution in [0.1, 0.15) is 41.6 Å². The molecule has 0 atom stereocenters. The third kappa shape index (κ3) is 6.97. The van der Waals surface area contributed by atoms with Gasteiger partial charge in [-0.15, -0.1) is 0 Å². The quantitative estimate of drug-likeness (QED) is 0.577. The van der Waals surface area contributed by atoms with Gasteiger partial charge in [-0.3, -0.25) is 9.69 Å². The summed E-state index contributed by atoms with van der Waals surface area (Å²) in [5, 5.41) is 2.98. The summed E-state index contributed by atoms with van der Waals surface area (Å²) in [6.07, 6.45) is 4.70. The van der Waals surface area contributed by atoms with Gasteiger partial charge in [0.05, 0.1) is 6.61 Å². The zero-order valence-electron chi connectivity index (χ0n) is 18.9. The van der Waals surface area contributed by atoms with Crippen molar-refractivity contribution in [2.75, 3.05) is 40.0 Å². The van der Waals surface area contributed by atoms with Crippen molar-refractivity contribution in [2.24, 2.45) is 5.92 Å². The smallest absolute Gasteiger partial charge is 0.251 e. The summed E-state index contributed by atoms with van der Waals surface area (Å²) < 4.78 is 17.1. The average molecular weight is 439 g/mol. The third-order valence-corrected chi connectivity index (χ3v) is 6.18. The first kappa shape index (κ1) is 22.6. The highest BCUT2D eigenvalue weighted by Crippen LogP contribution is 2.29. The highest BCUT2D eigenvalue weighted by Gasteiger charge is 2.22. The molecule has 4 rings (SSSR count). The summed E-state index contributed by atoms with van der Waals surface area (Å²) in [5.41, 5.74) is 1.64. The Balaban J connectivity index is 1.19. The fourth-order valence-corrected chi connectivity index (χ4v) is 3.85. The fourth-order valence-electron chi connectivity index (χ4n) is 3.85. The maximum absolute atomic E-state index is 12.5. The zero-order chi connectivity index (χ0) is 22.2. The minimum Gasteiger partial charge on any atom is -0.493 e. The molecule has 2 aromatic carbocycles. The molecule has 1 heterocycles. The lowest BCUT2D eigenvalue weighted by molar-refractivity contribution is 0.0392. The molecule has 1 saturated carbocycles. The third-order valence-electron chi connectivity index (χ3n) is 6.18. The molecule has 32 heavy (non-hydrogen) atoms. The lowest BCUT2D eigenvalue weighted by Gasteiger charge is -2.31. The van der Waals surface area contributed by atoms with Gasteiger partial charge in [0.15, 0.2) is 0 Å². The average Bonchev–Trinajstić information content (AvgIpc) is 3.67. The number of benzene rings is 2. The van der Waals surface area contributed by atoms with E-state index in [2.05, 4.69) is 17.3 Å². The Bertz CT molecular complexity index is 860. The number of likely N-dealkylation sites (N-methyl/N-ethyl adjacent to an activating group) is 1. The second-order valence-electron chi connectivity index (χ2n) is 8.78. The number of carbonyl (C=O) groups excluding carboxylic acids is 1. The van der Waals surface area contributed by atoms with Gasteiger partial charge in [0.2, 0.25) is 0 Å². The Kier molecular flexibility index (Phi) is 8.02. The van der Waals surface area contributed by atoms with Gasteiger partial charge >= 0.3 is 0 Å². The summed E-state index contributed by atoms with van der Waals surface area (Å²) >= 11 is 0. The molecule has 0 unspecified atom stereocenters. The molecular formula is C26H34N2O4. The molecule has 0 aromatic heterocycles. The molecule has 6 heteroatoms. The van der Waals surface area contributed by atoms with Gasteiger partial charge in [-0.2, -0.15) is 0 Å². The first-order chi connectivity index (χ1) is 15.7. The lowest BCUT2D eigenvalue weighted by Crippen LogP contribution is -2.38. The summed E-state index contributed by atoms with van der Waals surface area (Å²) in [6.45, 7) is 4.45. The molecule has 2 fully saturated rings. The molecule has 172 valence electrons. The lowest BCUT2D eigenvalue weighted by atomic mass is 10.1. The predicted molar refractivity (Wildman–Crippen MR) is 124 cm³/mol. The van der Waals surface area contributed by atoms with Gasteiger partial charge in [-0.25, -0.2) is 0 Å². The van der Waals surface area contributed by atoms with E-state index in [4.69, 9.17) is 14.2 Å². The molecule has 0 bridgehead atoms. The Morgan fingerprint density at radius 3 is 2.56 bits per heavy atom. The van der Waals surface area contributed by atoms with E-state index in [0.29, 0.717) is 30.7 Å². The number of hydrogen-bond acceptors (Lipinski definition) is 5. The van der Waals surface area contributed by atoms with Crippen molar-refractivity contribution < 1.29 is 19.0 Å². The van der Waals surface area contributed by atoms with E-state index in [0.717, 1.165) is 56.3 Å². The van der Waals surface area contributed by atoms with Crippen molar-refractivity contribution in [1.82, 2.24) is 10.2 Å². The van der Waals surface area contributed by atoms with Crippen LogP contribution in [0.5, 0.6) is 11.5 Å². The monoisotopic (exact) mass is 438 g/mol. The standard InChI is InChI=1S/C26H34N2O4/c1-28(23-11-14-30-15-12-23)13-16-31-25-4-2-3-21(17-25)18-27-26(29)22-7-9-24(10-8-22)32-19-20-5-6-20/h2-4,7-10,17,20,23H,5-6,11-16,18-19H2,1H3,(H,27,29). The van der Waals surface area contributed by atoms with Crippen LogP contribution in [-0.2, 0) is 11.3 Å². The van der Waals surface area contributed by atoms with E-state index in [1.54, 1.807) is 0 Å². The molecule has 1 aliphatic heterocycles. The molecular weight excluding hydrogens is 404 g/mol. The van der Waals surface area contributed by atoms with Crippen LogP contribution >= 0.6 is 0 Å². The molecule has 2 aliphatic rings. The molecule has 1 amide bonds. The van der Waals surface area contributed by atoms with Gasteiger partial charge in [-0.1, -0.05) is 12.1 Å². The Labute approximate surface area is 190 Å². The van der Waals surface area contributed by atoms with Crippen LogP contribution in [-0.4, -0.2) is 56.9 Å². The van der Waals surface area contributed by atoms with Crippen molar-refractivity contribution >= 4 is 5.91 Å². The fraction of sp³-hybridized carbons (Fsp3) is 0.500. The van der Waals surface area contributed by atoms with E-state index in [-0.39, 0.29) is 5.91 Å². The van der Waals surface area contributed by atoms with Gasteiger partial charge in [-0.05, 0) is 80.6 Å². The zero-order valence-corrected chi connectivity index (χ0v) is 18.9. The Hall–Kier alpha value is -2.57. The minimum absolute atomic E-state index is 0.0943. The van der Waals surface area contributed by atoms with Gasteiger partial charge in [0.25, 0.3) is 5.91 Å². The molecule has 0 spiro atoms. The summed E-state index contributed by atoms with van der Waals surface area (Å²) in [4.78, 5) is 14.8. The summed E-state index contributed by atoms with van der Waals surface area (Å²) in [5.74, 6) is 2.27. The summed E-state index contributed by atoms with van der Waals surface area (Å²) in [6, 6.07) is 15.8. The highest BCUT2D eigenvalue weighted by molar-refractivity contribution is 5.94. The van der Waals surface area contributed by atoms with Crippen LogP contribution in [0, 0.1) is 5.92 Å². The predicted octanol–water partition coefficient (Wildman–Crippen LogP) is 3.90. The van der Waals surface area contributed by atoms with Crippen molar-refractivity contribution in [3.05, 3.63) is 59.7 Å². The molecule has 2 aromatic rings. The second kappa shape index (κ2) is 11.3. The molecule has 0 radical (unpaired) electrons. The van der Waals surface area contributed by atoms with E-state index in [9.17, 15) is 4.79 Å². The number of amides is 1. The highest BCUT2D eigenvalue weighted by atomic mass is 16.5. The Morgan fingerprint density at radius 2 is 1.81 bits per heavy atom. The normalized spacial score (nSPS) is 16.7. The number of rotatable bonds is 11. The maximum atomic E-state index is 12.5. The largest absolute Gasteiger partial charge is 0.493 e. The van der Waals surface area contributed by atoms with Crippen molar-refractivity contribution in [1.29, 1.82) is 0 Å². The van der Waals surface area contributed by atoms with E-state index in [1.165, 1.54) is 12.8 Å². The minimum atomic E-state index is -0.0943. The number of nitrogens with zero attached hydrogens (tertiary/aromatic N) is 1. The van der Waals surface area contributed by atoms with Gasteiger partial charge < -0.3 is 19.5 Å². The second-order valence-corrected chi connectivity index (χ2v) is 8.78. The number of hydrogen-bond donors (Lipinski definition) is 1. The van der Waals surface area contributed by atoms with Gasteiger partial charge in [0, 0.05) is 37.9 Å². The van der Waals surface area contributed by atoms with Gasteiger partial charge in [0.1, 0.15) is 18.1 Å². The first-order valence-corrected chi connectivity index (χ1v) is 11.7. The van der Waals surface area contributed by atoms with Crippen LogP contribution in [0.3, 0.4) is 0 Å². The van der Waals surface area contributed by atoms with Crippen LogP contribution in [0.2, 0.25) is 0 Å². The van der Waals surface area contributed by atoms with Crippen molar-refractivity contribution in [2.45, 2.75) is 38.3 Å². The molecule has 1 saturated heterocycles. The number of carbonyl (C=O) groups is 1. The molecule has 1 aliphatic carbocycles. The molecule has 1 N–H and O–H groups in total. The Morgan fingerprint density at radius 1 is 1.03 bits per heavy atom. The van der Waals surface area contributed by atoms with Crippen LogP contribution in [0.25, 0.3) is 0 Å². The first-order valence-electron chi connectivity index (χ1n) is 11.7. The SMILES string of the molecule is CN(CCOc1cccc(CNC(=O)c2ccc(OCC3CC3)cc2)c1)C1CCOCC1. The van der Waals surface area contributed by atoms with E-state index >= 15 is 0 Å².